The van der Waals surface area contributed by atoms with Crippen LogP contribution < -0.4 is 0 Å². The third kappa shape index (κ3) is 2.75. The van der Waals surface area contributed by atoms with Gasteiger partial charge in [0.25, 0.3) is 0 Å². The van der Waals surface area contributed by atoms with E-state index in [2.05, 4.69) is 0 Å². The van der Waals surface area contributed by atoms with Gasteiger partial charge < -0.3 is 14.1 Å². The van der Waals surface area contributed by atoms with E-state index >= 15 is 0 Å². The summed E-state index contributed by atoms with van der Waals surface area (Å²) in [4.78, 5) is 14.1. The SMILES string of the molecule is Cc1occc1CN(C)C(=O)[C@H]1CCCO[C@@H]1C. The maximum absolute atomic E-state index is 12.4. The summed E-state index contributed by atoms with van der Waals surface area (Å²) < 4.78 is 10.8. The van der Waals surface area contributed by atoms with Crippen LogP contribution in [0.3, 0.4) is 0 Å². The molecule has 0 N–H and O–H groups in total. The van der Waals surface area contributed by atoms with Crippen molar-refractivity contribution in [3.63, 3.8) is 0 Å². The van der Waals surface area contributed by atoms with Crippen molar-refractivity contribution in [1.29, 1.82) is 0 Å². The van der Waals surface area contributed by atoms with Crippen LogP contribution in [0, 0.1) is 12.8 Å². The van der Waals surface area contributed by atoms with Crippen LogP contribution in [-0.2, 0) is 16.1 Å². The largest absolute Gasteiger partial charge is 0.469 e. The minimum absolute atomic E-state index is 0.00374. The second-order valence-electron chi connectivity index (χ2n) is 5.02. The van der Waals surface area contributed by atoms with Crippen LogP contribution in [0.4, 0.5) is 0 Å². The van der Waals surface area contributed by atoms with Crippen LogP contribution in [0.5, 0.6) is 0 Å². The lowest BCUT2D eigenvalue weighted by atomic mass is 9.94. The quantitative estimate of drug-likeness (QED) is 0.828. The minimum Gasteiger partial charge on any atom is -0.469 e. The topological polar surface area (TPSA) is 42.7 Å². The molecule has 1 aliphatic heterocycles. The van der Waals surface area contributed by atoms with E-state index in [4.69, 9.17) is 9.15 Å². The molecule has 100 valence electrons. The highest BCUT2D eigenvalue weighted by atomic mass is 16.5. The zero-order chi connectivity index (χ0) is 13.1. The average Bonchev–Trinajstić information content (AvgIpc) is 2.75. The highest BCUT2D eigenvalue weighted by Crippen LogP contribution is 2.23. The van der Waals surface area contributed by atoms with E-state index < -0.39 is 0 Å². The van der Waals surface area contributed by atoms with Crippen molar-refractivity contribution in [3.8, 4) is 0 Å². The summed E-state index contributed by atoms with van der Waals surface area (Å²) in [6, 6.07) is 1.92. The summed E-state index contributed by atoms with van der Waals surface area (Å²) in [6.45, 7) is 5.28. The second kappa shape index (κ2) is 5.57. The Labute approximate surface area is 108 Å². The van der Waals surface area contributed by atoms with Gasteiger partial charge in [-0.3, -0.25) is 4.79 Å². The van der Waals surface area contributed by atoms with Crippen LogP contribution in [0.1, 0.15) is 31.1 Å². The molecule has 2 heterocycles. The maximum atomic E-state index is 12.4. The van der Waals surface area contributed by atoms with E-state index in [0.717, 1.165) is 30.8 Å². The first-order chi connectivity index (χ1) is 8.59. The fourth-order valence-electron chi connectivity index (χ4n) is 2.44. The van der Waals surface area contributed by atoms with Crippen LogP contribution in [0.15, 0.2) is 16.7 Å². The van der Waals surface area contributed by atoms with Gasteiger partial charge in [0.1, 0.15) is 5.76 Å². The summed E-state index contributed by atoms with van der Waals surface area (Å²) in [6.07, 6.45) is 3.59. The normalized spacial score (nSPS) is 23.9. The summed E-state index contributed by atoms with van der Waals surface area (Å²) in [5.41, 5.74) is 1.07. The van der Waals surface area contributed by atoms with Crippen LogP contribution >= 0.6 is 0 Å². The second-order valence-corrected chi connectivity index (χ2v) is 5.02. The smallest absolute Gasteiger partial charge is 0.228 e. The Morgan fingerprint density at radius 1 is 1.56 bits per heavy atom. The first kappa shape index (κ1) is 13.1. The lowest BCUT2D eigenvalue weighted by Gasteiger charge is -2.31. The molecule has 0 aliphatic carbocycles. The molecule has 0 radical (unpaired) electrons. The van der Waals surface area contributed by atoms with E-state index in [1.54, 1.807) is 11.2 Å². The molecule has 2 rings (SSSR count). The standard InChI is InChI=1S/C14H21NO3/c1-10-12(6-8-18-10)9-15(3)14(16)13-5-4-7-17-11(13)2/h6,8,11,13H,4-5,7,9H2,1-3H3/t11-,13+/m1/s1. The van der Waals surface area contributed by atoms with E-state index in [1.807, 2.05) is 27.0 Å². The molecule has 18 heavy (non-hydrogen) atoms. The third-order valence-corrected chi connectivity index (χ3v) is 3.67. The Morgan fingerprint density at radius 3 is 2.94 bits per heavy atom. The van der Waals surface area contributed by atoms with Crippen LogP contribution in [0.2, 0.25) is 0 Å². The zero-order valence-electron chi connectivity index (χ0n) is 11.3. The van der Waals surface area contributed by atoms with E-state index in [1.165, 1.54) is 0 Å². The number of furan rings is 1. The Morgan fingerprint density at radius 2 is 2.33 bits per heavy atom. The zero-order valence-corrected chi connectivity index (χ0v) is 11.3. The molecular formula is C14H21NO3. The number of ether oxygens (including phenoxy) is 1. The van der Waals surface area contributed by atoms with Gasteiger partial charge in [-0.2, -0.15) is 0 Å². The van der Waals surface area contributed by atoms with Crippen molar-refractivity contribution in [2.24, 2.45) is 5.92 Å². The van der Waals surface area contributed by atoms with Crippen molar-refractivity contribution in [1.82, 2.24) is 4.90 Å². The minimum atomic E-state index is -0.00374. The summed E-state index contributed by atoms with van der Waals surface area (Å²) in [5, 5.41) is 0. The molecule has 0 saturated carbocycles. The number of carbonyl (C=O) groups is 1. The number of aryl methyl sites for hydroxylation is 1. The Balaban J connectivity index is 1.98. The first-order valence-corrected chi connectivity index (χ1v) is 6.49. The lowest BCUT2D eigenvalue weighted by molar-refractivity contribution is -0.143. The Kier molecular flexibility index (Phi) is 4.07. The average molecular weight is 251 g/mol. The van der Waals surface area contributed by atoms with E-state index in [0.29, 0.717) is 6.54 Å². The molecule has 2 atom stereocenters. The maximum Gasteiger partial charge on any atom is 0.228 e. The van der Waals surface area contributed by atoms with Gasteiger partial charge in [-0.1, -0.05) is 0 Å². The molecule has 1 fully saturated rings. The van der Waals surface area contributed by atoms with Gasteiger partial charge in [-0.15, -0.1) is 0 Å². The van der Waals surface area contributed by atoms with Gasteiger partial charge in [-0.05, 0) is 32.8 Å². The van der Waals surface area contributed by atoms with Crippen molar-refractivity contribution in [3.05, 3.63) is 23.7 Å². The third-order valence-electron chi connectivity index (χ3n) is 3.67. The molecule has 1 aliphatic rings. The van der Waals surface area contributed by atoms with Gasteiger partial charge in [0.2, 0.25) is 5.91 Å². The molecule has 1 amide bonds. The first-order valence-electron chi connectivity index (χ1n) is 6.49. The summed E-state index contributed by atoms with van der Waals surface area (Å²) >= 11 is 0. The van der Waals surface area contributed by atoms with Gasteiger partial charge in [0, 0.05) is 25.8 Å². The monoisotopic (exact) mass is 251 g/mol. The summed E-state index contributed by atoms with van der Waals surface area (Å²) in [5.74, 6) is 1.04. The molecule has 0 spiro atoms. The number of hydrogen-bond acceptors (Lipinski definition) is 3. The molecule has 0 unspecified atom stereocenters. The fraction of sp³-hybridized carbons (Fsp3) is 0.643. The summed E-state index contributed by atoms with van der Waals surface area (Å²) in [7, 11) is 1.84. The van der Waals surface area contributed by atoms with Crippen molar-refractivity contribution in [2.75, 3.05) is 13.7 Å². The molecule has 4 heteroatoms. The van der Waals surface area contributed by atoms with E-state index in [9.17, 15) is 4.79 Å². The Bertz CT molecular complexity index is 413. The van der Waals surface area contributed by atoms with E-state index in [-0.39, 0.29) is 17.9 Å². The fourth-order valence-corrected chi connectivity index (χ4v) is 2.44. The van der Waals surface area contributed by atoms with Crippen molar-refractivity contribution in [2.45, 2.75) is 39.3 Å². The number of carbonyl (C=O) groups excluding carboxylic acids is 1. The number of nitrogens with zero attached hydrogens (tertiary/aromatic N) is 1. The molecule has 0 aromatic carbocycles. The number of amides is 1. The Hall–Kier alpha value is -1.29. The van der Waals surface area contributed by atoms with Crippen molar-refractivity contribution < 1.29 is 13.9 Å². The van der Waals surface area contributed by atoms with Crippen molar-refractivity contribution >= 4 is 5.91 Å². The van der Waals surface area contributed by atoms with Gasteiger partial charge >= 0.3 is 0 Å². The molecular weight excluding hydrogens is 230 g/mol. The van der Waals surface area contributed by atoms with Crippen LogP contribution in [-0.4, -0.2) is 30.6 Å². The predicted octanol–water partition coefficient (Wildman–Crippen LogP) is 2.36. The predicted molar refractivity (Wildman–Crippen MR) is 68.1 cm³/mol. The molecule has 4 nitrogen and oxygen atoms in total. The highest BCUT2D eigenvalue weighted by Gasteiger charge is 2.30. The molecule has 1 aromatic rings. The molecule has 0 bridgehead atoms. The van der Waals surface area contributed by atoms with Gasteiger partial charge in [0.05, 0.1) is 18.3 Å². The number of hydrogen-bond donors (Lipinski definition) is 0. The van der Waals surface area contributed by atoms with Gasteiger partial charge in [-0.25, -0.2) is 0 Å². The van der Waals surface area contributed by atoms with Crippen LogP contribution in [0.25, 0.3) is 0 Å². The highest BCUT2D eigenvalue weighted by molar-refractivity contribution is 5.79. The molecule has 1 aromatic heterocycles. The van der Waals surface area contributed by atoms with Gasteiger partial charge in [0.15, 0.2) is 0 Å². The number of rotatable bonds is 3. The molecule has 1 saturated heterocycles. The lowest BCUT2D eigenvalue weighted by Crippen LogP contribution is -2.40.